The zero-order chi connectivity index (χ0) is 15.1. The highest BCUT2D eigenvalue weighted by molar-refractivity contribution is 5.92. The lowest BCUT2D eigenvalue weighted by Gasteiger charge is -2.31. The molecule has 0 radical (unpaired) electrons. The van der Waals surface area contributed by atoms with E-state index in [0.717, 1.165) is 24.4 Å². The molecule has 3 heterocycles. The molecule has 1 N–H and O–H groups in total. The third-order valence-electron chi connectivity index (χ3n) is 3.98. The van der Waals surface area contributed by atoms with E-state index in [2.05, 4.69) is 20.3 Å². The highest BCUT2D eigenvalue weighted by Crippen LogP contribution is 2.40. The van der Waals surface area contributed by atoms with E-state index in [0.29, 0.717) is 37.1 Å². The van der Waals surface area contributed by atoms with E-state index in [1.54, 1.807) is 11.0 Å². The van der Waals surface area contributed by atoms with Gasteiger partial charge in [-0.05, 0) is 19.8 Å². The molecule has 2 fully saturated rings. The highest BCUT2D eigenvalue weighted by atomic mass is 16.5. The molecular weight excluding hydrogens is 286 g/mol. The van der Waals surface area contributed by atoms with E-state index >= 15 is 0 Å². The minimum Gasteiger partial charge on any atom is -0.366 e. The van der Waals surface area contributed by atoms with Crippen molar-refractivity contribution in [2.45, 2.75) is 31.8 Å². The number of rotatable bonds is 3. The van der Waals surface area contributed by atoms with Crippen LogP contribution in [0.5, 0.6) is 0 Å². The molecule has 1 atom stereocenters. The molecule has 0 aromatic carbocycles. The highest BCUT2D eigenvalue weighted by Gasteiger charge is 2.32. The number of ether oxygens (including phenoxy) is 1. The molecule has 116 valence electrons. The van der Waals surface area contributed by atoms with Crippen LogP contribution in [0.4, 0.5) is 0 Å². The Morgan fingerprint density at radius 3 is 3.05 bits per heavy atom. The fourth-order valence-corrected chi connectivity index (χ4v) is 2.61. The number of carbonyl (C=O) groups excluding carboxylic acids is 1. The normalized spacial score (nSPS) is 22.0. The number of aromatic nitrogens is 4. The quantitative estimate of drug-likeness (QED) is 0.914. The lowest BCUT2D eigenvalue weighted by Crippen LogP contribution is -2.42. The largest absolute Gasteiger partial charge is 0.366 e. The van der Waals surface area contributed by atoms with Crippen LogP contribution in [0.15, 0.2) is 10.6 Å². The number of carbonyl (C=O) groups is 1. The molecule has 1 unspecified atom stereocenters. The van der Waals surface area contributed by atoms with Crippen molar-refractivity contribution in [2.75, 3.05) is 19.7 Å². The Balaban J connectivity index is 1.47. The second-order valence-electron chi connectivity index (χ2n) is 5.78. The van der Waals surface area contributed by atoms with Gasteiger partial charge in [0.2, 0.25) is 0 Å². The smallest absolute Gasteiger partial charge is 0.276 e. The molecule has 0 spiro atoms. The van der Waals surface area contributed by atoms with E-state index in [-0.39, 0.29) is 12.0 Å². The maximum Gasteiger partial charge on any atom is 0.276 e. The number of hydrogen-bond acceptors (Lipinski definition) is 6. The Labute approximate surface area is 126 Å². The molecule has 1 aliphatic carbocycles. The Morgan fingerprint density at radius 2 is 2.32 bits per heavy atom. The summed E-state index contributed by atoms with van der Waals surface area (Å²) in [5, 5.41) is 10.8. The monoisotopic (exact) mass is 303 g/mol. The summed E-state index contributed by atoms with van der Waals surface area (Å²) in [7, 11) is 0. The molecule has 22 heavy (non-hydrogen) atoms. The van der Waals surface area contributed by atoms with Crippen LogP contribution in [0.3, 0.4) is 0 Å². The topological polar surface area (TPSA) is 97.1 Å². The molecule has 2 aromatic rings. The van der Waals surface area contributed by atoms with E-state index < -0.39 is 0 Å². The predicted molar refractivity (Wildman–Crippen MR) is 74.2 cm³/mol. The van der Waals surface area contributed by atoms with Gasteiger partial charge in [-0.15, -0.1) is 0 Å². The first-order valence-corrected chi connectivity index (χ1v) is 7.47. The number of amides is 1. The molecule has 1 aliphatic heterocycles. The van der Waals surface area contributed by atoms with Gasteiger partial charge < -0.3 is 14.2 Å². The second-order valence-corrected chi connectivity index (χ2v) is 5.78. The van der Waals surface area contributed by atoms with Gasteiger partial charge in [-0.1, -0.05) is 5.16 Å². The van der Waals surface area contributed by atoms with Gasteiger partial charge in [0.1, 0.15) is 17.7 Å². The second kappa shape index (κ2) is 5.20. The SMILES string of the molecule is Cc1nc(C2CN(C(=O)c3cc(C4CC4)on3)CCO2)n[nH]1. The van der Waals surface area contributed by atoms with Crippen LogP contribution in [0, 0.1) is 6.92 Å². The fraction of sp³-hybridized carbons (Fsp3) is 0.571. The third kappa shape index (κ3) is 2.50. The Hall–Kier alpha value is -2.22. The summed E-state index contributed by atoms with van der Waals surface area (Å²) < 4.78 is 10.9. The van der Waals surface area contributed by atoms with Crippen molar-refractivity contribution >= 4 is 5.91 Å². The number of aromatic amines is 1. The molecule has 0 bridgehead atoms. The van der Waals surface area contributed by atoms with Crippen molar-refractivity contribution in [2.24, 2.45) is 0 Å². The summed E-state index contributed by atoms with van der Waals surface area (Å²) in [5.41, 5.74) is 0.369. The fourth-order valence-electron chi connectivity index (χ4n) is 2.61. The maximum absolute atomic E-state index is 12.5. The summed E-state index contributed by atoms with van der Waals surface area (Å²) >= 11 is 0. The molecule has 1 amide bonds. The molecule has 2 aliphatic rings. The van der Waals surface area contributed by atoms with Crippen molar-refractivity contribution in [3.05, 3.63) is 29.2 Å². The van der Waals surface area contributed by atoms with Crippen LogP contribution < -0.4 is 0 Å². The van der Waals surface area contributed by atoms with Gasteiger partial charge >= 0.3 is 0 Å². The van der Waals surface area contributed by atoms with Gasteiger partial charge in [0, 0.05) is 18.5 Å². The van der Waals surface area contributed by atoms with Crippen molar-refractivity contribution in [1.29, 1.82) is 0 Å². The van der Waals surface area contributed by atoms with Crippen LogP contribution in [0.1, 0.15) is 52.8 Å². The zero-order valence-electron chi connectivity index (χ0n) is 12.3. The standard InChI is InChI=1S/C14H17N5O3/c1-8-15-13(17-16-8)12-7-19(4-5-21-12)14(20)10-6-11(22-18-10)9-2-3-9/h6,9,12H,2-5,7H2,1H3,(H,15,16,17). The summed E-state index contributed by atoms with van der Waals surface area (Å²) in [6.45, 7) is 3.24. The van der Waals surface area contributed by atoms with Crippen molar-refractivity contribution in [3.8, 4) is 0 Å². The van der Waals surface area contributed by atoms with Gasteiger partial charge in [0.25, 0.3) is 5.91 Å². The Morgan fingerprint density at radius 1 is 1.45 bits per heavy atom. The van der Waals surface area contributed by atoms with Gasteiger partial charge in [0.05, 0.1) is 13.2 Å². The number of hydrogen-bond donors (Lipinski definition) is 1. The van der Waals surface area contributed by atoms with E-state index in [9.17, 15) is 4.79 Å². The average molecular weight is 303 g/mol. The maximum atomic E-state index is 12.5. The van der Waals surface area contributed by atoms with Crippen LogP contribution in [0.2, 0.25) is 0 Å². The summed E-state index contributed by atoms with van der Waals surface area (Å²) in [6.07, 6.45) is 1.93. The minimum atomic E-state index is -0.308. The van der Waals surface area contributed by atoms with Crippen LogP contribution >= 0.6 is 0 Å². The van der Waals surface area contributed by atoms with Crippen LogP contribution in [-0.4, -0.2) is 50.8 Å². The van der Waals surface area contributed by atoms with Gasteiger partial charge in [-0.3, -0.25) is 9.89 Å². The van der Waals surface area contributed by atoms with Crippen LogP contribution in [-0.2, 0) is 4.74 Å². The number of morpholine rings is 1. The first kappa shape index (κ1) is 13.4. The summed E-state index contributed by atoms with van der Waals surface area (Å²) in [5.74, 6) is 2.44. The number of H-pyrrole nitrogens is 1. The van der Waals surface area contributed by atoms with Gasteiger partial charge in [0.15, 0.2) is 11.5 Å². The number of aryl methyl sites for hydroxylation is 1. The summed E-state index contributed by atoms with van der Waals surface area (Å²) in [6, 6.07) is 1.77. The van der Waals surface area contributed by atoms with E-state index in [4.69, 9.17) is 9.26 Å². The molecular formula is C14H17N5O3. The lowest BCUT2D eigenvalue weighted by molar-refractivity contribution is -0.0269. The molecule has 4 rings (SSSR count). The van der Waals surface area contributed by atoms with Crippen LogP contribution in [0.25, 0.3) is 0 Å². The number of nitrogens with one attached hydrogen (secondary N) is 1. The Bertz CT molecular complexity index is 690. The van der Waals surface area contributed by atoms with Crippen molar-refractivity contribution < 1.29 is 14.1 Å². The molecule has 2 aromatic heterocycles. The van der Waals surface area contributed by atoms with Gasteiger partial charge in [-0.2, -0.15) is 5.10 Å². The van der Waals surface area contributed by atoms with Gasteiger partial charge in [-0.25, -0.2) is 4.98 Å². The molecule has 8 heteroatoms. The first-order chi connectivity index (χ1) is 10.7. The van der Waals surface area contributed by atoms with E-state index in [1.807, 2.05) is 6.92 Å². The van der Waals surface area contributed by atoms with E-state index in [1.165, 1.54) is 0 Å². The first-order valence-electron chi connectivity index (χ1n) is 7.47. The third-order valence-corrected chi connectivity index (χ3v) is 3.98. The lowest BCUT2D eigenvalue weighted by atomic mass is 10.2. The molecule has 1 saturated heterocycles. The average Bonchev–Trinajstić information content (AvgIpc) is 3.10. The predicted octanol–water partition coefficient (Wildman–Crippen LogP) is 1.19. The zero-order valence-corrected chi connectivity index (χ0v) is 12.3. The molecule has 8 nitrogen and oxygen atoms in total. The Kier molecular flexibility index (Phi) is 3.18. The minimum absolute atomic E-state index is 0.129. The summed E-state index contributed by atoms with van der Waals surface area (Å²) in [4.78, 5) is 18.5. The number of nitrogens with zero attached hydrogens (tertiary/aromatic N) is 4. The molecule has 1 saturated carbocycles. The van der Waals surface area contributed by atoms with Crippen molar-refractivity contribution in [3.63, 3.8) is 0 Å². The van der Waals surface area contributed by atoms with Crippen molar-refractivity contribution in [1.82, 2.24) is 25.2 Å².